The van der Waals surface area contributed by atoms with E-state index in [1.807, 2.05) is 0 Å². The molecule has 0 fully saturated rings. The van der Waals surface area contributed by atoms with Gasteiger partial charge in [-0.2, -0.15) is 13.2 Å². The molecule has 154 valence electrons. The summed E-state index contributed by atoms with van der Waals surface area (Å²) in [4.78, 5) is 33.9. The van der Waals surface area contributed by atoms with Crippen LogP contribution in [0.15, 0.2) is 42.5 Å². The average Bonchev–Trinajstić information content (AvgIpc) is 2.66. The summed E-state index contributed by atoms with van der Waals surface area (Å²) >= 11 is 0. The van der Waals surface area contributed by atoms with Gasteiger partial charge in [0.1, 0.15) is 6.61 Å². The summed E-state index contributed by atoms with van der Waals surface area (Å²) in [5, 5.41) is 11.5. The summed E-state index contributed by atoms with van der Waals surface area (Å²) in [6.45, 7) is 1.10. The van der Waals surface area contributed by atoms with Gasteiger partial charge in [-0.05, 0) is 24.6 Å². The first-order chi connectivity index (χ1) is 13.6. The van der Waals surface area contributed by atoms with Crippen molar-refractivity contribution < 1.29 is 37.2 Å². The minimum absolute atomic E-state index is 0.141. The molecule has 0 aliphatic heterocycles. The number of Topliss-reactive ketones (excluding diaryl/α,β-unsaturated/α-hetero) is 1. The van der Waals surface area contributed by atoms with E-state index in [2.05, 4.69) is 4.74 Å². The summed E-state index contributed by atoms with van der Waals surface area (Å²) in [7, 11) is 0. The molecule has 0 saturated heterocycles. The van der Waals surface area contributed by atoms with E-state index in [0.29, 0.717) is 11.6 Å². The van der Waals surface area contributed by atoms with Crippen molar-refractivity contribution >= 4 is 17.4 Å². The van der Waals surface area contributed by atoms with E-state index in [9.17, 15) is 32.9 Å². The summed E-state index contributed by atoms with van der Waals surface area (Å²) in [6.07, 6.45) is -6.13. The fourth-order valence-corrected chi connectivity index (χ4v) is 2.56. The highest BCUT2D eigenvalue weighted by Gasteiger charge is 2.40. The Morgan fingerprint density at radius 3 is 2.31 bits per heavy atom. The Hall–Kier alpha value is -3.43. The van der Waals surface area contributed by atoms with Gasteiger partial charge < -0.3 is 9.47 Å². The number of nitro benzene ring substituents is 1. The van der Waals surface area contributed by atoms with Gasteiger partial charge in [-0.15, -0.1) is 0 Å². The van der Waals surface area contributed by atoms with Gasteiger partial charge >= 0.3 is 17.8 Å². The minimum atomic E-state index is -4.98. The molecule has 0 heterocycles. The summed E-state index contributed by atoms with van der Waals surface area (Å²) < 4.78 is 50.0. The molecule has 0 spiro atoms. The molecule has 0 bridgehead atoms. The zero-order valence-corrected chi connectivity index (χ0v) is 15.2. The van der Waals surface area contributed by atoms with E-state index >= 15 is 0 Å². The fourth-order valence-electron chi connectivity index (χ4n) is 2.56. The third-order valence-corrected chi connectivity index (χ3v) is 3.81. The number of nitrogens with zero attached hydrogens (tertiary/aromatic N) is 1. The van der Waals surface area contributed by atoms with E-state index in [4.69, 9.17) is 4.74 Å². The standard InChI is InChI=1S/C19H16F3NO6/c1-2-28-18(25)15(24)10-13-14(19(20,21)22)8-9-16(17(13)23(26)27)29-11-12-6-4-3-5-7-12/h3-9H,2,10-11H2,1H3. The van der Waals surface area contributed by atoms with E-state index in [0.717, 1.165) is 6.07 Å². The summed E-state index contributed by atoms with van der Waals surface area (Å²) in [6, 6.07) is 9.88. The number of hydrogen-bond donors (Lipinski definition) is 0. The number of benzene rings is 2. The molecular formula is C19H16F3NO6. The first-order valence-electron chi connectivity index (χ1n) is 8.39. The molecule has 10 heteroatoms. The Morgan fingerprint density at radius 2 is 1.76 bits per heavy atom. The monoisotopic (exact) mass is 411 g/mol. The van der Waals surface area contributed by atoms with Gasteiger partial charge in [0.25, 0.3) is 0 Å². The number of carbonyl (C=O) groups excluding carboxylic acids is 2. The van der Waals surface area contributed by atoms with E-state index in [1.54, 1.807) is 30.3 Å². The molecule has 0 aliphatic carbocycles. The molecule has 0 amide bonds. The van der Waals surface area contributed by atoms with Crippen molar-refractivity contribution in [3.05, 3.63) is 69.3 Å². The molecule has 0 atom stereocenters. The number of halogens is 3. The maximum atomic E-state index is 13.4. The van der Waals surface area contributed by atoms with E-state index < -0.39 is 51.8 Å². The minimum Gasteiger partial charge on any atom is -0.482 e. The highest BCUT2D eigenvalue weighted by Crippen LogP contribution is 2.41. The number of alkyl halides is 3. The third-order valence-electron chi connectivity index (χ3n) is 3.81. The predicted octanol–water partition coefficient (Wildman–Crippen LogP) is 3.87. The van der Waals surface area contributed by atoms with Crippen molar-refractivity contribution in [3.63, 3.8) is 0 Å². The van der Waals surface area contributed by atoms with Crippen LogP contribution in [0.4, 0.5) is 18.9 Å². The van der Waals surface area contributed by atoms with E-state index in [-0.39, 0.29) is 13.2 Å². The molecule has 2 aromatic rings. The number of carbonyl (C=O) groups is 2. The third kappa shape index (κ3) is 5.53. The van der Waals surface area contributed by atoms with E-state index in [1.165, 1.54) is 6.92 Å². The van der Waals surface area contributed by atoms with Crippen molar-refractivity contribution in [2.75, 3.05) is 6.61 Å². The number of ether oxygens (including phenoxy) is 2. The fraction of sp³-hybridized carbons (Fsp3) is 0.263. The lowest BCUT2D eigenvalue weighted by Crippen LogP contribution is -2.22. The van der Waals surface area contributed by atoms with Crippen LogP contribution in [-0.4, -0.2) is 23.3 Å². The van der Waals surface area contributed by atoms with Crippen LogP contribution >= 0.6 is 0 Å². The lowest BCUT2D eigenvalue weighted by atomic mass is 9.98. The summed E-state index contributed by atoms with van der Waals surface area (Å²) in [5.74, 6) is -3.15. The Labute approximate surface area is 163 Å². The zero-order valence-electron chi connectivity index (χ0n) is 15.2. The van der Waals surface area contributed by atoms with Crippen LogP contribution < -0.4 is 4.74 Å². The highest BCUT2D eigenvalue weighted by molar-refractivity contribution is 6.34. The largest absolute Gasteiger partial charge is 0.482 e. The van der Waals surface area contributed by atoms with Gasteiger partial charge in [0.2, 0.25) is 5.78 Å². The molecule has 2 aromatic carbocycles. The topological polar surface area (TPSA) is 95.7 Å². The van der Waals surface area contributed by atoms with Gasteiger partial charge in [0, 0.05) is 0 Å². The van der Waals surface area contributed by atoms with Crippen LogP contribution in [0.25, 0.3) is 0 Å². The lowest BCUT2D eigenvalue weighted by Gasteiger charge is -2.15. The molecule has 0 aromatic heterocycles. The molecular weight excluding hydrogens is 395 g/mol. The molecule has 0 aliphatic rings. The Balaban J connectivity index is 2.49. The van der Waals surface area contributed by atoms with Crippen molar-refractivity contribution in [1.29, 1.82) is 0 Å². The van der Waals surface area contributed by atoms with Crippen LogP contribution in [0.5, 0.6) is 5.75 Å². The Kier molecular flexibility index (Phi) is 6.92. The number of nitro groups is 1. The zero-order chi connectivity index (χ0) is 21.6. The maximum Gasteiger partial charge on any atom is 0.416 e. The Morgan fingerprint density at radius 1 is 1.10 bits per heavy atom. The van der Waals surface area contributed by atoms with Crippen LogP contribution in [0, 0.1) is 10.1 Å². The van der Waals surface area contributed by atoms with Crippen molar-refractivity contribution in [1.82, 2.24) is 0 Å². The van der Waals surface area contributed by atoms with Crippen molar-refractivity contribution in [3.8, 4) is 5.75 Å². The van der Waals surface area contributed by atoms with Gasteiger partial charge in [-0.3, -0.25) is 14.9 Å². The molecule has 0 unspecified atom stereocenters. The molecule has 0 radical (unpaired) electrons. The van der Waals surface area contributed by atoms with Gasteiger partial charge in [-0.25, -0.2) is 4.79 Å². The number of rotatable bonds is 8. The highest BCUT2D eigenvalue weighted by atomic mass is 19.4. The molecule has 0 saturated carbocycles. The quantitative estimate of drug-likeness (QED) is 0.283. The second-order valence-electron chi connectivity index (χ2n) is 5.79. The van der Waals surface area contributed by atoms with Gasteiger partial charge in [0.15, 0.2) is 5.75 Å². The van der Waals surface area contributed by atoms with Gasteiger partial charge in [-0.1, -0.05) is 30.3 Å². The van der Waals surface area contributed by atoms with Crippen LogP contribution in [0.1, 0.15) is 23.6 Å². The normalized spacial score (nSPS) is 11.0. The molecule has 29 heavy (non-hydrogen) atoms. The molecule has 0 N–H and O–H groups in total. The molecule has 7 nitrogen and oxygen atoms in total. The first-order valence-corrected chi connectivity index (χ1v) is 8.39. The van der Waals surface area contributed by atoms with Crippen LogP contribution in [-0.2, 0) is 33.5 Å². The van der Waals surface area contributed by atoms with Crippen LogP contribution in [0.2, 0.25) is 0 Å². The van der Waals surface area contributed by atoms with Gasteiger partial charge in [0.05, 0.1) is 29.1 Å². The smallest absolute Gasteiger partial charge is 0.416 e. The Bertz CT molecular complexity index is 912. The van der Waals surface area contributed by atoms with Crippen molar-refractivity contribution in [2.45, 2.75) is 26.1 Å². The van der Waals surface area contributed by atoms with Crippen LogP contribution in [0.3, 0.4) is 0 Å². The van der Waals surface area contributed by atoms with Crippen molar-refractivity contribution in [2.24, 2.45) is 0 Å². The summed E-state index contributed by atoms with van der Waals surface area (Å²) in [5.41, 5.74) is -2.74. The second-order valence-corrected chi connectivity index (χ2v) is 5.79. The second kappa shape index (κ2) is 9.18. The average molecular weight is 411 g/mol. The molecule has 2 rings (SSSR count). The lowest BCUT2D eigenvalue weighted by molar-refractivity contribution is -0.386. The number of ketones is 1. The maximum absolute atomic E-state index is 13.4. The number of hydrogen-bond acceptors (Lipinski definition) is 6. The first kappa shape index (κ1) is 21.9. The SMILES string of the molecule is CCOC(=O)C(=O)Cc1c(C(F)(F)F)ccc(OCc2ccccc2)c1[N+](=O)[O-]. The predicted molar refractivity (Wildman–Crippen MR) is 94.2 cm³/mol. The number of esters is 1.